The van der Waals surface area contributed by atoms with Gasteiger partial charge in [0.15, 0.2) is 0 Å². The first-order valence-corrected chi connectivity index (χ1v) is 10.5. The van der Waals surface area contributed by atoms with Crippen molar-refractivity contribution in [3.05, 3.63) is 47.0 Å². The van der Waals surface area contributed by atoms with Gasteiger partial charge < -0.3 is 14.2 Å². The number of allylic oxidation sites excluding steroid dienone is 1. The number of carbonyl (C=O) groups excluding carboxylic acids is 3. The number of benzene rings is 1. The van der Waals surface area contributed by atoms with Crippen molar-refractivity contribution in [2.45, 2.75) is 45.1 Å². The summed E-state index contributed by atoms with van der Waals surface area (Å²) in [4.78, 5) is 38.0. The van der Waals surface area contributed by atoms with Crippen LogP contribution in [0.5, 0.6) is 0 Å². The Labute approximate surface area is 177 Å². The zero-order valence-electron chi connectivity index (χ0n) is 17.8. The third-order valence-electron chi connectivity index (χ3n) is 5.86. The molecule has 162 valence electrons. The molecule has 7 heteroatoms. The van der Waals surface area contributed by atoms with Crippen LogP contribution in [-0.4, -0.2) is 55.8 Å². The van der Waals surface area contributed by atoms with Crippen molar-refractivity contribution < 1.29 is 28.6 Å². The Morgan fingerprint density at radius 2 is 1.70 bits per heavy atom. The molecule has 0 radical (unpaired) electrons. The first-order chi connectivity index (χ1) is 14.5. The monoisotopic (exact) mass is 415 g/mol. The molecular formula is C23H29NO6. The molecule has 1 aromatic carbocycles. The minimum atomic E-state index is -0.635. The van der Waals surface area contributed by atoms with Gasteiger partial charge in [0, 0.05) is 6.54 Å². The summed E-state index contributed by atoms with van der Waals surface area (Å²) in [5, 5.41) is 0. The van der Waals surface area contributed by atoms with Gasteiger partial charge in [-0.1, -0.05) is 23.8 Å². The van der Waals surface area contributed by atoms with Gasteiger partial charge in [0.05, 0.1) is 25.9 Å². The van der Waals surface area contributed by atoms with Crippen LogP contribution in [0.1, 0.15) is 54.9 Å². The molecule has 0 saturated carbocycles. The molecule has 0 bridgehead atoms. The van der Waals surface area contributed by atoms with Gasteiger partial charge in [-0.3, -0.25) is 4.90 Å². The van der Waals surface area contributed by atoms with E-state index in [0.29, 0.717) is 31.1 Å². The van der Waals surface area contributed by atoms with Gasteiger partial charge in [0.1, 0.15) is 6.04 Å². The number of likely N-dealkylation sites (tertiary alicyclic amines) is 1. The summed E-state index contributed by atoms with van der Waals surface area (Å²) in [6, 6.07) is 6.91. The summed E-state index contributed by atoms with van der Waals surface area (Å²) in [5.41, 5.74) is 2.86. The third-order valence-corrected chi connectivity index (χ3v) is 5.86. The summed E-state index contributed by atoms with van der Waals surface area (Å²) < 4.78 is 15.1. The predicted octanol–water partition coefficient (Wildman–Crippen LogP) is 3.69. The van der Waals surface area contributed by atoms with Crippen molar-refractivity contribution >= 4 is 18.0 Å². The number of methoxy groups -OCH3 is 1. The second-order valence-corrected chi connectivity index (χ2v) is 7.59. The molecule has 0 aromatic heterocycles. The molecule has 0 N–H and O–H groups in total. The SMILES string of the molecule is CCOC(=O)c1ccc(C2CC=C3CN(C(=O)OC)C(C(=O)OCC)CC3C2)cc1. The van der Waals surface area contributed by atoms with Crippen molar-refractivity contribution in [3.63, 3.8) is 0 Å². The Morgan fingerprint density at radius 1 is 1.00 bits per heavy atom. The van der Waals surface area contributed by atoms with Crippen molar-refractivity contribution in [2.75, 3.05) is 26.9 Å². The molecule has 1 saturated heterocycles. The predicted molar refractivity (Wildman–Crippen MR) is 110 cm³/mol. The maximum atomic E-state index is 12.5. The van der Waals surface area contributed by atoms with Gasteiger partial charge in [-0.05, 0) is 62.6 Å². The first-order valence-electron chi connectivity index (χ1n) is 10.5. The van der Waals surface area contributed by atoms with Crippen LogP contribution in [0.25, 0.3) is 0 Å². The minimum absolute atomic E-state index is 0.198. The number of hydrogen-bond acceptors (Lipinski definition) is 6. The lowest BCUT2D eigenvalue weighted by atomic mass is 9.73. The van der Waals surface area contributed by atoms with Crippen LogP contribution < -0.4 is 0 Å². The Balaban J connectivity index is 1.75. The Morgan fingerprint density at radius 3 is 2.33 bits per heavy atom. The van der Waals surface area contributed by atoms with Gasteiger partial charge in [-0.2, -0.15) is 0 Å². The normalized spacial score (nSPS) is 23.1. The zero-order valence-corrected chi connectivity index (χ0v) is 17.8. The van der Waals surface area contributed by atoms with E-state index in [1.165, 1.54) is 17.6 Å². The van der Waals surface area contributed by atoms with Crippen molar-refractivity contribution in [1.29, 1.82) is 0 Å². The fourth-order valence-corrected chi connectivity index (χ4v) is 4.35. The molecule has 1 amide bonds. The van der Waals surface area contributed by atoms with Crippen LogP contribution in [0.15, 0.2) is 35.9 Å². The number of nitrogens with zero attached hydrogens (tertiary/aromatic N) is 1. The molecule has 3 atom stereocenters. The smallest absolute Gasteiger partial charge is 0.410 e. The standard InChI is InChI=1S/C23H29NO6/c1-4-29-21(25)16-8-6-15(7-9-16)17-10-11-18-14-24(23(27)28-3)20(13-19(18)12-17)22(26)30-5-2/h6-9,11,17,19-20H,4-5,10,12-14H2,1-3H3. The number of hydrogen-bond donors (Lipinski definition) is 0. The Kier molecular flexibility index (Phi) is 7.13. The Bertz CT molecular complexity index is 815. The summed E-state index contributed by atoms with van der Waals surface area (Å²) in [6.45, 7) is 4.55. The molecule has 7 nitrogen and oxygen atoms in total. The van der Waals surface area contributed by atoms with Crippen LogP contribution in [-0.2, 0) is 19.0 Å². The molecule has 3 unspecified atom stereocenters. The quantitative estimate of drug-likeness (QED) is 0.414. The molecule has 1 aliphatic carbocycles. The van der Waals surface area contributed by atoms with E-state index < -0.39 is 12.1 Å². The van der Waals surface area contributed by atoms with Crippen LogP contribution in [0.3, 0.4) is 0 Å². The van der Waals surface area contributed by atoms with Crippen molar-refractivity contribution in [1.82, 2.24) is 4.90 Å². The van der Waals surface area contributed by atoms with E-state index in [4.69, 9.17) is 14.2 Å². The summed E-state index contributed by atoms with van der Waals surface area (Å²) in [7, 11) is 1.32. The number of piperidine rings is 1. The molecule has 3 rings (SSSR count). The van der Waals surface area contributed by atoms with E-state index in [2.05, 4.69) is 6.08 Å². The van der Waals surface area contributed by atoms with E-state index >= 15 is 0 Å². The number of fused-ring (bicyclic) bond motifs is 1. The van der Waals surface area contributed by atoms with Crippen LogP contribution in [0, 0.1) is 5.92 Å². The minimum Gasteiger partial charge on any atom is -0.464 e. The zero-order chi connectivity index (χ0) is 21.7. The second-order valence-electron chi connectivity index (χ2n) is 7.59. The summed E-state index contributed by atoms with van der Waals surface area (Å²) >= 11 is 0. The van der Waals surface area contributed by atoms with E-state index in [1.807, 2.05) is 12.1 Å². The lowest BCUT2D eigenvalue weighted by Crippen LogP contribution is -2.52. The molecule has 1 aromatic rings. The number of amides is 1. The first kappa shape index (κ1) is 21.9. The highest BCUT2D eigenvalue weighted by molar-refractivity contribution is 5.89. The molecule has 1 heterocycles. The second kappa shape index (κ2) is 9.78. The molecule has 0 spiro atoms. The number of esters is 2. The van der Waals surface area contributed by atoms with E-state index in [0.717, 1.165) is 18.4 Å². The van der Waals surface area contributed by atoms with Gasteiger partial charge >= 0.3 is 18.0 Å². The van der Waals surface area contributed by atoms with Crippen molar-refractivity contribution in [2.24, 2.45) is 5.92 Å². The highest BCUT2D eigenvalue weighted by atomic mass is 16.6. The number of rotatable bonds is 5. The largest absolute Gasteiger partial charge is 0.464 e. The van der Waals surface area contributed by atoms with Crippen LogP contribution >= 0.6 is 0 Å². The molecule has 1 aliphatic heterocycles. The fraction of sp³-hybridized carbons (Fsp3) is 0.522. The lowest BCUT2D eigenvalue weighted by molar-refractivity contribution is -0.150. The highest BCUT2D eigenvalue weighted by Gasteiger charge is 2.41. The maximum absolute atomic E-state index is 12.5. The van der Waals surface area contributed by atoms with Gasteiger partial charge in [0.25, 0.3) is 0 Å². The number of ether oxygens (including phenoxy) is 3. The van der Waals surface area contributed by atoms with Gasteiger partial charge in [-0.25, -0.2) is 14.4 Å². The molecule has 2 aliphatic rings. The molecular weight excluding hydrogens is 386 g/mol. The maximum Gasteiger partial charge on any atom is 0.410 e. The third kappa shape index (κ3) is 4.66. The Hall–Kier alpha value is -2.83. The van der Waals surface area contributed by atoms with Gasteiger partial charge in [-0.15, -0.1) is 0 Å². The topological polar surface area (TPSA) is 82.1 Å². The average molecular weight is 415 g/mol. The van der Waals surface area contributed by atoms with E-state index in [9.17, 15) is 14.4 Å². The number of carbonyl (C=O) groups is 3. The summed E-state index contributed by atoms with van der Waals surface area (Å²) in [6.07, 6.45) is 3.93. The molecule has 1 fully saturated rings. The van der Waals surface area contributed by atoms with Crippen LogP contribution in [0.2, 0.25) is 0 Å². The van der Waals surface area contributed by atoms with Crippen molar-refractivity contribution in [3.8, 4) is 0 Å². The average Bonchev–Trinajstić information content (AvgIpc) is 2.77. The van der Waals surface area contributed by atoms with Crippen LogP contribution in [0.4, 0.5) is 4.79 Å². The lowest BCUT2D eigenvalue weighted by Gasteiger charge is -2.42. The fourth-order valence-electron chi connectivity index (χ4n) is 4.35. The summed E-state index contributed by atoms with van der Waals surface area (Å²) in [5.74, 6) is -0.212. The highest BCUT2D eigenvalue weighted by Crippen LogP contribution is 2.41. The van der Waals surface area contributed by atoms with Gasteiger partial charge in [0.2, 0.25) is 0 Å². The van der Waals surface area contributed by atoms with E-state index in [1.54, 1.807) is 26.0 Å². The molecule has 30 heavy (non-hydrogen) atoms. The van der Waals surface area contributed by atoms with E-state index in [-0.39, 0.29) is 24.5 Å².